The van der Waals surface area contributed by atoms with Crippen LogP contribution in [0.25, 0.3) is 52.6 Å². The van der Waals surface area contributed by atoms with Crippen LogP contribution in [0.2, 0.25) is 5.15 Å². The van der Waals surface area contributed by atoms with Crippen LogP contribution < -0.4 is 0 Å². The van der Waals surface area contributed by atoms with Crippen molar-refractivity contribution in [2.75, 3.05) is 0 Å². The Labute approximate surface area is 158 Å². The van der Waals surface area contributed by atoms with Crippen LogP contribution >= 0.6 is 22.9 Å². The van der Waals surface area contributed by atoms with Crippen molar-refractivity contribution >= 4 is 75.6 Å². The minimum atomic E-state index is 0.592. The summed E-state index contributed by atoms with van der Waals surface area (Å²) < 4.78 is 2.32. The minimum Gasteiger partial charge on any atom is -0.235 e. The van der Waals surface area contributed by atoms with E-state index < -0.39 is 0 Å². The van der Waals surface area contributed by atoms with Gasteiger partial charge in [0, 0.05) is 20.9 Å². The molecule has 0 aliphatic carbocycles. The maximum absolute atomic E-state index is 6.55. The summed E-state index contributed by atoms with van der Waals surface area (Å²) in [5.41, 5.74) is 0.953. The average Bonchev–Trinajstić information content (AvgIpc) is 3.08. The van der Waals surface area contributed by atoms with Gasteiger partial charge in [-0.3, -0.25) is 0 Å². The van der Waals surface area contributed by atoms with Crippen molar-refractivity contribution in [1.82, 2.24) is 4.98 Å². The van der Waals surface area contributed by atoms with Gasteiger partial charge < -0.3 is 0 Å². The summed E-state index contributed by atoms with van der Waals surface area (Å²) in [6, 6.07) is 25.7. The zero-order valence-corrected chi connectivity index (χ0v) is 15.2. The highest BCUT2D eigenvalue weighted by Gasteiger charge is 2.16. The number of benzene rings is 4. The molecule has 122 valence electrons. The van der Waals surface area contributed by atoms with Crippen molar-refractivity contribution in [3.8, 4) is 0 Å². The standard InChI is InChI=1S/C23H12ClNS/c24-23-22-21(17-7-3-4-8-19(17)26-22)20-16-10-9-13-5-1-2-6-14(13)15(16)11-12-18(20)25-23/h1-12H. The zero-order chi connectivity index (χ0) is 17.3. The molecule has 6 rings (SSSR count). The number of aromatic nitrogens is 1. The van der Waals surface area contributed by atoms with Gasteiger partial charge in [0.15, 0.2) is 0 Å². The molecule has 2 heterocycles. The van der Waals surface area contributed by atoms with Crippen LogP contribution in [0.3, 0.4) is 0 Å². The highest BCUT2D eigenvalue weighted by molar-refractivity contribution is 7.26. The third kappa shape index (κ3) is 1.83. The fraction of sp³-hybridized carbons (Fsp3) is 0. The molecular formula is C23H12ClNS. The first-order valence-corrected chi connectivity index (χ1v) is 9.71. The van der Waals surface area contributed by atoms with Crippen molar-refractivity contribution < 1.29 is 0 Å². The molecule has 26 heavy (non-hydrogen) atoms. The molecule has 0 aliphatic heterocycles. The highest BCUT2D eigenvalue weighted by atomic mass is 35.5. The van der Waals surface area contributed by atoms with Crippen LogP contribution in [0.5, 0.6) is 0 Å². The van der Waals surface area contributed by atoms with Gasteiger partial charge in [0.05, 0.1) is 10.2 Å². The average molecular weight is 370 g/mol. The first kappa shape index (κ1) is 14.5. The minimum absolute atomic E-state index is 0.592. The monoisotopic (exact) mass is 369 g/mol. The van der Waals surface area contributed by atoms with Crippen molar-refractivity contribution in [3.05, 3.63) is 77.9 Å². The molecule has 0 bridgehead atoms. The number of halogens is 1. The first-order chi connectivity index (χ1) is 12.8. The topological polar surface area (TPSA) is 12.9 Å². The maximum atomic E-state index is 6.55. The van der Waals surface area contributed by atoms with E-state index in [0.717, 1.165) is 10.2 Å². The van der Waals surface area contributed by atoms with Gasteiger partial charge in [0.2, 0.25) is 0 Å². The predicted molar refractivity (Wildman–Crippen MR) is 115 cm³/mol. The van der Waals surface area contributed by atoms with Crippen LogP contribution in [0.15, 0.2) is 72.8 Å². The van der Waals surface area contributed by atoms with Gasteiger partial charge in [0.1, 0.15) is 5.15 Å². The summed E-state index contributed by atoms with van der Waals surface area (Å²) in [5, 5.41) is 9.29. The van der Waals surface area contributed by atoms with E-state index in [-0.39, 0.29) is 0 Å². The second-order valence-electron chi connectivity index (χ2n) is 6.55. The molecular weight excluding hydrogens is 358 g/mol. The Bertz CT molecular complexity index is 1500. The lowest BCUT2D eigenvalue weighted by Crippen LogP contribution is -1.85. The van der Waals surface area contributed by atoms with Crippen molar-refractivity contribution in [1.29, 1.82) is 0 Å². The van der Waals surface area contributed by atoms with E-state index in [2.05, 4.69) is 72.8 Å². The Morgan fingerprint density at radius 3 is 2.35 bits per heavy atom. The molecule has 2 aromatic heterocycles. The molecule has 0 amide bonds. The van der Waals surface area contributed by atoms with E-state index in [4.69, 9.17) is 16.6 Å². The summed E-state index contributed by atoms with van der Waals surface area (Å²) in [7, 11) is 0. The summed E-state index contributed by atoms with van der Waals surface area (Å²) in [4.78, 5) is 4.71. The molecule has 0 unspecified atom stereocenters. The maximum Gasteiger partial charge on any atom is 0.147 e. The van der Waals surface area contributed by atoms with Gasteiger partial charge in [-0.1, -0.05) is 72.3 Å². The Kier molecular flexibility index (Phi) is 2.88. The molecule has 0 fully saturated rings. The predicted octanol–water partition coefficient (Wildman–Crippen LogP) is 7.56. The molecule has 3 heteroatoms. The van der Waals surface area contributed by atoms with Crippen LogP contribution in [0.4, 0.5) is 0 Å². The van der Waals surface area contributed by atoms with Gasteiger partial charge >= 0.3 is 0 Å². The van der Waals surface area contributed by atoms with E-state index in [1.807, 2.05) is 0 Å². The number of fused-ring (bicyclic) bond motifs is 9. The van der Waals surface area contributed by atoms with Crippen LogP contribution in [-0.4, -0.2) is 4.98 Å². The lowest BCUT2D eigenvalue weighted by Gasteiger charge is -2.09. The number of thiophene rings is 1. The molecule has 0 spiro atoms. The summed E-state index contributed by atoms with van der Waals surface area (Å²) >= 11 is 8.27. The van der Waals surface area contributed by atoms with Gasteiger partial charge in [-0.15, -0.1) is 11.3 Å². The van der Waals surface area contributed by atoms with Crippen LogP contribution in [0.1, 0.15) is 0 Å². The fourth-order valence-electron chi connectivity index (χ4n) is 4.03. The second-order valence-corrected chi connectivity index (χ2v) is 7.96. The smallest absolute Gasteiger partial charge is 0.147 e. The molecule has 1 nitrogen and oxygen atoms in total. The largest absolute Gasteiger partial charge is 0.235 e. The summed E-state index contributed by atoms with van der Waals surface area (Å²) in [5.74, 6) is 0. The second kappa shape index (κ2) is 5.16. The highest BCUT2D eigenvalue weighted by Crippen LogP contribution is 2.43. The third-order valence-electron chi connectivity index (χ3n) is 5.16. The Morgan fingerprint density at radius 2 is 1.42 bits per heavy atom. The fourth-order valence-corrected chi connectivity index (χ4v) is 5.42. The lowest BCUT2D eigenvalue weighted by atomic mass is 9.96. The van der Waals surface area contributed by atoms with Crippen molar-refractivity contribution in [2.24, 2.45) is 0 Å². The molecule has 0 N–H and O–H groups in total. The Hall–Kier alpha value is -2.68. The lowest BCUT2D eigenvalue weighted by molar-refractivity contribution is 1.46. The molecule has 0 saturated carbocycles. The van der Waals surface area contributed by atoms with Gasteiger partial charge in [-0.25, -0.2) is 4.98 Å². The summed E-state index contributed by atoms with van der Waals surface area (Å²) in [6.45, 7) is 0. The number of hydrogen-bond acceptors (Lipinski definition) is 2. The molecule has 0 atom stereocenters. The molecule has 6 aromatic rings. The number of nitrogens with zero attached hydrogens (tertiary/aromatic N) is 1. The number of hydrogen-bond donors (Lipinski definition) is 0. The summed E-state index contributed by atoms with van der Waals surface area (Å²) in [6.07, 6.45) is 0. The molecule has 0 radical (unpaired) electrons. The molecule has 0 saturated heterocycles. The van der Waals surface area contributed by atoms with Gasteiger partial charge in [-0.05, 0) is 33.7 Å². The van der Waals surface area contributed by atoms with E-state index >= 15 is 0 Å². The third-order valence-corrected chi connectivity index (χ3v) is 6.72. The number of pyridine rings is 1. The van der Waals surface area contributed by atoms with Crippen molar-refractivity contribution in [2.45, 2.75) is 0 Å². The first-order valence-electron chi connectivity index (χ1n) is 8.52. The molecule has 0 aliphatic rings. The van der Waals surface area contributed by atoms with Gasteiger partial charge in [0.25, 0.3) is 0 Å². The van der Waals surface area contributed by atoms with Crippen molar-refractivity contribution in [3.63, 3.8) is 0 Å². The van der Waals surface area contributed by atoms with E-state index in [0.29, 0.717) is 5.15 Å². The van der Waals surface area contributed by atoms with E-state index in [1.165, 1.54) is 42.4 Å². The Morgan fingerprint density at radius 1 is 0.654 bits per heavy atom. The van der Waals surface area contributed by atoms with Crippen LogP contribution in [0, 0.1) is 0 Å². The van der Waals surface area contributed by atoms with Gasteiger partial charge in [-0.2, -0.15) is 0 Å². The Balaban J connectivity index is 1.97. The molecule has 4 aromatic carbocycles. The normalized spacial score (nSPS) is 12.0. The van der Waals surface area contributed by atoms with Crippen LogP contribution in [-0.2, 0) is 0 Å². The number of rotatable bonds is 0. The zero-order valence-electron chi connectivity index (χ0n) is 13.7. The quantitative estimate of drug-likeness (QED) is 0.199. The SMILES string of the molecule is Clc1nc2ccc3c4ccccc4ccc3c2c2c1sc1ccccc12. The van der Waals surface area contributed by atoms with E-state index in [1.54, 1.807) is 11.3 Å². The van der Waals surface area contributed by atoms with E-state index in [9.17, 15) is 0 Å².